The first kappa shape index (κ1) is 22.2. The number of aromatic hydroxyl groups is 2. The Morgan fingerprint density at radius 3 is 2.64 bits per heavy atom. The predicted octanol–water partition coefficient (Wildman–Crippen LogP) is 1.27. The molecule has 0 spiro atoms. The highest BCUT2D eigenvalue weighted by atomic mass is 19.3. The third-order valence-corrected chi connectivity index (χ3v) is 5.64. The van der Waals surface area contributed by atoms with Crippen LogP contribution >= 0.6 is 0 Å². The number of carbonyl (C=O) groups is 4. The average Bonchev–Trinajstić information content (AvgIpc) is 3.09. The number of phenolic OH excluding ortho intramolecular Hbond substituents is 2. The minimum absolute atomic E-state index is 0.107. The molecule has 1 fully saturated rings. The van der Waals surface area contributed by atoms with Gasteiger partial charge in [-0.1, -0.05) is 12.1 Å². The van der Waals surface area contributed by atoms with Crippen molar-refractivity contribution in [3.8, 4) is 11.5 Å². The Bertz CT molecular complexity index is 1180. The lowest BCUT2D eigenvalue weighted by Crippen LogP contribution is -2.52. The minimum atomic E-state index is -4.10. The Labute approximate surface area is 186 Å². The smallest absolute Gasteiger partial charge is 0.353 e. The standard InChI is InChI=1S/C22H19F2N3O6/c23-22(24,15-8-13(28)2-5-17(15)29)21(33)25-9-11-1-3-14-12(7-11)10-27(20(14)32)16-4-6-18(30)26-19(16)31/h1-3,5,7-8,16,28-29H,4,6,9-10H2,(H,25,33)(H,26,30,31). The van der Waals surface area contributed by atoms with Gasteiger partial charge in [0.2, 0.25) is 11.8 Å². The van der Waals surface area contributed by atoms with Gasteiger partial charge in [-0.2, -0.15) is 8.78 Å². The van der Waals surface area contributed by atoms with Crippen molar-refractivity contribution in [3.05, 3.63) is 58.7 Å². The normalized spacial score (nSPS) is 18.2. The highest BCUT2D eigenvalue weighted by molar-refractivity contribution is 6.05. The molecule has 11 heteroatoms. The molecule has 0 radical (unpaired) electrons. The number of fused-ring (bicyclic) bond motifs is 1. The van der Waals surface area contributed by atoms with Crippen LogP contribution in [0.5, 0.6) is 11.5 Å². The van der Waals surface area contributed by atoms with Crippen molar-refractivity contribution in [2.45, 2.75) is 37.9 Å². The Morgan fingerprint density at radius 2 is 1.91 bits per heavy atom. The van der Waals surface area contributed by atoms with Gasteiger partial charge < -0.3 is 20.4 Å². The lowest BCUT2D eigenvalue weighted by atomic mass is 10.0. The van der Waals surface area contributed by atoms with E-state index in [1.165, 1.54) is 17.0 Å². The first-order valence-corrected chi connectivity index (χ1v) is 10.0. The van der Waals surface area contributed by atoms with E-state index in [2.05, 4.69) is 10.6 Å². The second-order valence-electron chi connectivity index (χ2n) is 7.85. The van der Waals surface area contributed by atoms with Gasteiger partial charge in [0.25, 0.3) is 11.8 Å². The summed E-state index contributed by atoms with van der Waals surface area (Å²) in [5, 5.41) is 23.3. The van der Waals surface area contributed by atoms with E-state index in [9.17, 15) is 38.2 Å². The number of nitrogens with one attached hydrogen (secondary N) is 2. The molecule has 4 rings (SSSR count). The van der Waals surface area contributed by atoms with Gasteiger partial charge in [0.05, 0.1) is 5.56 Å². The minimum Gasteiger partial charge on any atom is -0.508 e. The van der Waals surface area contributed by atoms with E-state index in [1.54, 1.807) is 6.07 Å². The molecule has 0 aromatic heterocycles. The zero-order chi connectivity index (χ0) is 23.9. The summed E-state index contributed by atoms with van der Waals surface area (Å²) < 4.78 is 29.0. The Balaban J connectivity index is 1.45. The average molecular weight is 459 g/mol. The van der Waals surface area contributed by atoms with Crippen LogP contribution in [0.2, 0.25) is 0 Å². The number of nitrogens with zero attached hydrogens (tertiary/aromatic N) is 1. The van der Waals surface area contributed by atoms with Gasteiger partial charge in [-0.3, -0.25) is 24.5 Å². The van der Waals surface area contributed by atoms with Crippen molar-refractivity contribution in [1.29, 1.82) is 0 Å². The van der Waals surface area contributed by atoms with E-state index in [0.717, 1.165) is 12.1 Å². The number of piperidine rings is 1. The molecule has 2 aliphatic rings. The predicted molar refractivity (Wildman–Crippen MR) is 108 cm³/mol. The molecule has 2 aliphatic heterocycles. The van der Waals surface area contributed by atoms with Gasteiger partial charge in [-0.15, -0.1) is 0 Å². The molecule has 1 atom stereocenters. The Morgan fingerprint density at radius 1 is 1.15 bits per heavy atom. The molecule has 4 N–H and O–H groups in total. The van der Waals surface area contributed by atoms with E-state index >= 15 is 0 Å². The number of rotatable bonds is 5. The molecule has 4 amide bonds. The van der Waals surface area contributed by atoms with Crippen LogP contribution in [0, 0.1) is 0 Å². The summed E-state index contributed by atoms with van der Waals surface area (Å²) in [6.07, 6.45) is 0.334. The third kappa shape index (κ3) is 4.09. The van der Waals surface area contributed by atoms with Gasteiger partial charge >= 0.3 is 5.92 Å². The number of amides is 4. The summed E-state index contributed by atoms with van der Waals surface area (Å²) in [6.45, 7) is -0.177. The molecule has 9 nitrogen and oxygen atoms in total. The van der Waals surface area contributed by atoms with Gasteiger partial charge in [-0.25, -0.2) is 0 Å². The summed E-state index contributed by atoms with van der Waals surface area (Å²) in [6, 6.07) is 6.26. The van der Waals surface area contributed by atoms with Crippen LogP contribution in [-0.2, 0) is 33.4 Å². The number of halogens is 2. The van der Waals surface area contributed by atoms with Crippen LogP contribution < -0.4 is 10.6 Å². The first-order valence-electron chi connectivity index (χ1n) is 10.0. The highest BCUT2D eigenvalue weighted by Gasteiger charge is 2.43. The number of hydrogen-bond donors (Lipinski definition) is 4. The lowest BCUT2D eigenvalue weighted by molar-refractivity contribution is -0.147. The SMILES string of the molecule is O=C1CCC(N2Cc3cc(CNC(=O)C(F)(F)c4cc(O)ccc4O)ccc3C2=O)C(=O)N1. The van der Waals surface area contributed by atoms with Crippen LogP contribution in [0.15, 0.2) is 36.4 Å². The fourth-order valence-electron chi connectivity index (χ4n) is 3.93. The molecule has 172 valence electrons. The van der Waals surface area contributed by atoms with Crippen molar-refractivity contribution in [3.63, 3.8) is 0 Å². The second kappa shape index (κ2) is 8.15. The third-order valence-electron chi connectivity index (χ3n) is 5.64. The van der Waals surface area contributed by atoms with Crippen molar-refractivity contribution in [1.82, 2.24) is 15.5 Å². The molecule has 0 aliphatic carbocycles. The Kier molecular flexibility index (Phi) is 5.48. The van der Waals surface area contributed by atoms with Crippen LogP contribution in [0.4, 0.5) is 8.78 Å². The van der Waals surface area contributed by atoms with Crippen LogP contribution in [0.1, 0.15) is 39.9 Å². The summed E-state index contributed by atoms with van der Waals surface area (Å²) in [5.41, 5.74) is 0.328. The van der Waals surface area contributed by atoms with Gasteiger partial charge in [0, 0.05) is 25.1 Å². The zero-order valence-electron chi connectivity index (χ0n) is 17.1. The van der Waals surface area contributed by atoms with E-state index < -0.39 is 46.7 Å². The van der Waals surface area contributed by atoms with E-state index in [1.807, 2.05) is 0 Å². The van der Waals surface area contributed by atoms with Gasteiger partial charge in [0.1, 0.15) is 17.5 Å². The van der Waals surface area contributed by atoms with Crippen molar-refractivity contribution in [2.24, 2.45) is 0 Å². The summed E-state index contributed by atoms with van der Waals surface area (Å²) in [4.78, 5) is 49.6. The fraction of sp³-hybridized carbons (Fsp3) is 0.273. The zero-order valence-corrected chi connectivity index (χ0v) is 17.1. The number of phenols is 2. The lowest BCUT2D eigenvalue weighted by Gasteiger charge is -2.29. The van der Waals surface area contributed by atoms with Crippen LogP contribution in [0.3, 0.4) is 0 Å². The highest BCUT2D eigenvalue weighted by Crippen LogP contribution is 2.37. The molecule has 1 saturated heterocycles. The Hall–Kier alpha value is -4.02. The molecule has 2 aromatic rings. The summed E-state index contributed by atoms with van der Waals surface area (Å²) in [7, 11) is 0. The molecule has 2 aromatic carbocycles. The molecular formula is C22H19F2N3O6. The molecule has 33 heavy (non-hydrogen) atoms. The van der Waals surface area contributed by atoms with Gasteiger partial charge in [-0.05, 0) is 41.8 Å². The number of imide groups is 1. The quantitative estimate of drug-likeness (QED) is 0.393. The van der Waals surface area contributed by atoms with Crippen molar-refractivity contribution >= 4 is 23.6 Å². The fourth-order valence-corrected chi connectivity index (χ4v) is 3.93. The van der Waals surface area contributed by atoms with Crippen molar-refractivity contribution < 1.29 is 38.2 Å². The molecule has 0 saturated carbocycles. The van der Waals surface area contributed by atoms with Gasteiger partial charge in [0.15, 0.2) is 0 Å². The maximum absolute atomic E-state index is 14.5. The van der Waals surface area contributed by atoms with E-state index in [4.69, 9.17) is 0 Å². The molecule has 2 heterocycles. The summed E-state index contributed by atoms with van der Waals surface area (Å²) >= 11 is 0. The molecule has 1 unspecified atom stereocenters. The maximum atomic E-state index is 14.5. The second-order valence-corrected chi connectivity index (χ2v) is 7.85. The summed E-state index contributed by atoms with van der Waals surface area (Å²) in [5.74, 6) is -8.45. The first-order chi connectivity index (χ1) is 15.6. The van der Waals surface area contributed by atoms with E-state index in [0.29, 0.717) is 22.8 Å². The van der Waals surface area contributed by atoms with Crippen LogP contribution in [-0.4, -0.2) is 44.8 Å². The number of carbonyl (C=O) groups excluding carboxylic acids is 4. The topological polar surface area (TPSA) is 136 Å². The maximum Gasteiger partial charge on any atom is 0.353 e. The largest absolute Gasteiger partial charge is 0.508 e. The number of hydrogen-bond acceptors (Lipinski definition) is 6. The molecular weight excluding hydrogens is 440 g/mol. The molecule has 0 bridgehead atoms. The monoisotopic (exact) mass is 459 g/mol. The van der Waals surface area contributed by atoms with Crippen LogP contribution in [0.25, 0.3) is 0 Å². The van der Waals surface area contributed by atoms with Crippen molar-refractivity contribution in [2.75, 3.05) is 0 Å². The number of alkyl halides is 2. The van der Waals surface area contributed by atoms with E-state index in [-0.39, 0.29) is 31.8 Å². The number of benzene rings is 2.